The van der Waals surface area contributed by atoms with Crippen LogP contribution in [-0.2, 0) is 0 Å². The quantitative estimate of drug-likeness (QED) is 0.829. The van der Waals surface area contributed by atoms with Crippen molar-refractivity contribution >= 4 is 27.7 Å². The first-order chi connectivity index (χ1) is 8.54. The molecule has 102 valence electrons. The zero-order valence-corrected chi connectivity index (χ0v) is 13.8. The summed E-state index contributed by atoms with van der Waals surface area (Å²) < 4.78 is 1.10. The highest BCUT2D eigenvalue weighted by molar-refractivity contribution is 9.10. The molecule has 0 aromatic heterocycles. The number of nitrogens with zero attached hydrogens (tertiary/aromatic N) is 1. The van der Waals surface area contributed by atoms with Gasteiger partial charge in [-0.3, -0.25) is 0 Å². The Kier molecular flexibility index (Phi) is 7.30. The van der Waals surface area contributed by atoms with Crippen LogP contribution in [0, 0.1) is 0 Å². The average Bonchev–Trinajstić information content (AvgIpc) is 2.35. The Morgan fingerprint density at radius 3 is 2.78 bits per heavy atom. The fraction of sp³-hybridized carbons (Fsp3) is 0.571. The summed E-state index contributed by atoms with van der Waals surface area (Å²) in [7, 11) is 2.18. The Balaban J connectivity index is 2.43. The molecule has 0 spiro atoms. The molecule has 0 fully saturated rings. The third-order valence-electron chi connectivity index (χ3n) is 3.23. The van der Waals surface area contributed by atoms with E-state index >= 15 is 0 Å². The summed E-state index contributed by atoms with van der Waals surface area (Å²) in [6.45, 7) is 3.30. The van der Waals surface area contributed by atoms with Crippen molar-refractivity contribution in [3.8, 4) is 0 Å². The second-order valence-electron chi connectivity index (χ2n) is 4.74. The molecular formula is C14H23BrN2S. The molecule has 18 heavy (non-hydrogen) atoms. The van der Waals surface area contributed by atoms with Crippen LogP contribution in [0.2, 0.25) is 0 Å². The first-order valence-corrected chi connectivity index (χ1v) is 8.43. The molecule has 0 bridgehead atoms. The Labute approximate surface area is 123 Å². The minimum absolute atomic E-state index is 0.117. The number of halogens is 1. The van der Waals surface area contributed by atoms with Gasteiger partial charge in [-0.05, 0) is 50.9 Å². The maximum atomic E-state index is 6.23. The lowest BCUT2D eigenvalue weighted by atomic mass is 10.0. The molecule has 0 aliphatic rings. The van der Waals surface area contributed by atoms with E-state index in [2.05, 4.69) is 53.2 Å². The normalized spacial score (nSPS) is 14.8. The van der Waals surface area contributed by atoms with E-state index in [4.69, 9.17) is 5.73 Å². The van der Waals surface area contributed by atoms with E-state index < -0.39 is 0 Å². The molecule has 0 amide bonds. The molecule has 0 radical (unpaired) electrons. The molecule has 4 heteroatoms. The van der Waals surface area contributed by atoms with Gasteiger partial charge in [-0.2, -0.15) is 11.8 Å². The lowest BCUT2D eigenvalue weighted by molar-refractivity contribution is 0.267. The molecule has 2 N–H and O–H groups in total. The second-order valence-corrected chi connectivity index (χ2v) is 6.56. The highest BCUT2D eigenvalue weighted by atomic mass is 79.9. The van der Waals surface area contributed by atoms with Crippen LogP contribution in [-0.4, -0.2) is 36.5 Å². The molecule has 0 saturated carbocycles. The van der Waals surface area contributed by atoms with E-state index in [1.807, 2.05) is 23.9 Å². The van der Waals surface area contributed by atoms with Crippen LogP contribution >= 0.6 is 27.7 Å². The summed E-state index contributed by atoms with van der Waals surface area (Å²) >= 11 is 5.38. The van der Waals surface area contributed by atoms with E-state index in [0.717, 1.165) is 17.4 Å². The third-order valence-corrected chi connectivity index (χ3v) is 4.54. The maximum absolute atomic E-state index is 6.23. The van der Waals surface area contributed by atoms with Gasteiger partial charge in [0.05, 0.1) is 0 Å². The predicted octanol–water partition coefficient (Wildman–Crippen LogP) is 3.52. The Morgan fingerprint density at radius 2 is 2.17 bits per heavy atom. The van der Waals surface area contributed by atoms with Crippen LogP contribution < -0.4 is 5.73 Å². The molecule has 2 atom stereocenters. The molecular weight excluding hydrogens is 308 g/mol. The molecule has 1 aromatic carbocycles. The Hall–Kier alpha value is -0.0300. The van der Waals surface area contributed by atoms with E-state index in [0.29, 0.717) is 6.04 Å². The van der Waals surface area contributed by atoms with Gasteiger partial charge < -0.3 is 10.6 Å². The zero-order valence-electron chi connectivity index (χ0n) is 11.4. The summed E-state index contributed by atoms with van der Waals surface area (Å²) in [6.07, 6.45) is 3.14. The summed E-state index contributed by atoms with van der Waals surface area (Å²) in [5.74, 6) is 1.17. The molecule has 2 nitrogen and oxygen atoms in total. The lowest BCUT2D eigenvalue weighted by Gasteiger charge is -2.25. The number of nitrogens with two attached hydrogens (primary N) is 1. The van der Waals surface area contributed by atoms with Gasteiger partial charge in [0, 0.05) is 22.3 Å². The topological polar surface area (TPSA) is 29.3 Å². The standard InChI is InChI=1S/C14H23BrN2S/c1-11(10-18-3)17(2)8-7-14(16)12-5-4-6-13(15)9-12/h4-6,9,11,14H,7-8,10,16H2,1-3H3. The van der Waals surface area contributed by atoms with Gasteiger partial charge in [-0.15, -0.1) is 0 Å². The van der Waals surface area contributed by atoms with Crippen molar-refractivity contribution in [2.24, 2.45) is 5.73 Å². The van der Waals surface area contributed by atoms with Gasteiger partial charge >= 0.3 is 0 Å². The molecule has 0 saturated heterocycles. The van der Waals surface area contributed by atoms with Crippen LogP contribution in [0.4, 0.5) is 0 Å². The van der Waals surface area contributed by atoms with Gasteiger partial charge in [0.2, 0.25) is 0 Å². The minimum Gasteiger partial charge on any atom is -0.324 e. The monoisotopic (exact) mass is 330 g/mol. The second kappa shape index (κ2) is 8.20. The van der Waals surface area contributed by atoms with Crippen LogP contribution in [0.1, 0.15) is 24.9 Å². The molecule has 1 aromatic rings. The van der Waals surface area contributed by atoms with Crippen molar-refractivity contribution in [2.45, 2.75) is 25.4 Å². The predicted molar refractivity (Wildman–Crippen MR) is 86.2 cm³/mol. The molecule has 0 heterocycles. The van der Waals surface area contributed by atoms with Crippen molar-refractivity contribution in [3.63, 3.8) is 0 Å². The van der Waals surface area contributed by atoms with Gasteiger partial charge in [-0.25, -0.2) is 0 Å². The van der Waals surface area contributed by atoms with E-state index in [-0.39, 0.29) is 6.04 Å². The first kappa shape index (κ1) is 16.0. The van der Waals surface area contributed by atoms with Crippen molar-refractivity contribution in [3.05, 3.63) is 34.3 Å². The van der Waals surface area contributed by atoms with Crippen molar-refractivity contribution < 1.29 is 0 Å². The van der Waals surface area contributed by atoms with E-state index in [9.17, 15) is 0 Å². The largest absolute Gasteiger partial charge is 0.324 e. The molecule has 1 rings (SSSR count). The van der Waals surface area contributed by atoms with E-state index in [1.54, 1.807) is 0 Å². The van der Waals surface area contributed by atoms with Crippen LogP contribution in [0.25, 0.3) is 0 Å². The summed E-state index contributed by atoms with van der Waals surface area (Å²) in [5, 5.41) is 0. The van der Waals surface area contributed by atoms with Gasteiger partial charge in [-0.1, -0.05) is 28.1 Å². The number of rotatable bonds is 7. The van der Waals surface area contributed by atoms with Gasteiger partial charge in [0.25, 0.3) is 0 Å². The fourth-order valence-corrected chi connectivity index (χ4v) is 2.99. The summed E-state index contributed by atoms with van der Waals surface area (Å²) in [5.41, 5.74) is 7.44. The molecule has 0 aliphatic heterocycles. The van der Waals surface area contributed by atoms with Gasteiger partial charge in [0.15, 0.2) is 0 Å². The lowest BCUT2D eigenvalue weighted by Crippen LogP contribution is -2.33. The van der Waals surface area contributed by atoms with Crippen LogP contribution in [0.5, 0.6) is 0 Å². The smallest absolute Gasteiger partial charge is 0.0307 e. The maximum Gasteiger partial charge on any atom is 0.0307 e. The summed E-state index contributed by atoms with van der Waals surface area (Å²) in [4.78, 5) is 2.38. The SMILES string of the molecule is CSCC(C)N(C)CCC(N)c1cccc(Br)c1. The van der Waals surface area contributed by atoms with Crippen LogP contribution in [0.3, 0.4) is 0 Å². The summed E-state index contributed by atoms with van der Waals surface area (Å²) in [6, 6.07) is 9.00. The van der Waals surface area contributed by atoms with Crippen molar-refractivity contribution in [2.75, 3.05) is 25.6 Å². The Morgan fingerprint density at radius 1 is 1.44 bits per heavy atom. The molecule has 0 aliphatic carbocycles. The van der Waals surface area contributed by atoms with Crippen LogP contribution in [0.15, 0.2) is 28.7 Å². The van der Waals surface area contributed by atoms with Crippen molar-refractivity contribution in [1.82, 2.24) is 4.90 Å². The number of benzene rings is 1. The van der Waals surface area contributed by atoms with Crippen molar-refractivity contribution in [1.29, 1.82) is 0 Å². The Bertz CT molecular complexity index is 359. The minimum atomic E-state index is 0.117. The number of hydrogen-bond acceptors (Lipinski definition) is 3. The molecule has 2 unspecified atom stereocenters. The fourth-order valence-electron chi connectivity index (χ4n) is 1.84. The zero-order chi connectivity index (χ0) is 13.5. The average molecular weight is 331 g/mol. The number of thioether (sulfide) groups is 1. The first-order valence-electron chi connectivity index (χ1n) is 6.24. The third kappa shape index (κ3) is 5.31. The highest BCUT2D eigenvalue weighted by Gasteiger charge is 2.11. The van der Waals surface area contributed by atoms with Gasteiger partial charge in [0.1, 0.15) is 0 Å². The highest BCUT2D eigenvalue weighted by Crippen LogP contribution is 2.19. The number of hydrogen-bond donors (Lipinski definition) is 1. The van der Waals surface area contributed by atoms with E-state index in [1.165, 1.54) is 11.3 Å².